The van der Waals surface area contributed by atoms with Crippen LogP contribution < -0.4 is 10.6 Å². The van der Waals surface area contributed by atoms with Crippen LogP contribution in [0.2, 0.25) is 5.02 Å². The third-order valence-corrected chi connectivity index (χ3v) is 4.87. The molecule has 3 aromatic rings. The van der Waals surface area contributed by atoms with Gasteiger partial charge in [0.2, 0.25) is 0 Å². The van der Waals surface area contributed by atoms with E-state index in [2.05, 4.69) is 15.6 Å². The van der Waals surface area contributed by atoms with E-state index in [4.69, 9.17) is 16.7 Å². The Balaban J connectivity index is 1.94. The quantitative estimate of drug-likeness (QED) is 0.594. The monoisotopic (exact) mass is 411 g/mol. The van der Waals surface area contributed by atoms with E-state index in [1.165, 1.54) is 0 Å². The molecular weight excluding hydrogens is 390 g/mol. The van der Waals surface area contributed by atoms with Gasteiger partial charge in [0.15, 0.2) is 0 Å². The van der Waals surface area contributed by atoms with E-state index in [1.54, 1.807) is 56.3 Å². The lowest BCUT2D eigenvalue weighted by Crippen LogP contribution is -2.35. The fourth-order valence-electron chi connectivity index (χ4n) is 2.97. The van der Waals surface area contributed by atoms with E-state index < -0.39 is 0 Å². The molecule has 7 heteroatoms. The van der Waals surface area contributed by atoms with E-state index >= 15 is 0 Å². The van der Waals surface area contributed by atoms with Gasteiger partial charge in [0.05, 0.1) is 22.7 Å². The van der Waals surface area contributed by atoms with Gasteiger partial charge >= 0.3 is 0 Å². The van der Waals surface area contributed by atoms with Gasteiger partial charge in [0.25, 0.3) is 11.8 Å². The maximum absolute atomic E-state index is 13.0. The molecule has 0 aliphatic heterocycles. The number of fused-ring (bicyclic) bond motifs is 1. The molecule has 0 spiro atoms. The topological polar surface area (TPSA) is 91.3 Å². The number of hydrogen-bond donors (Lipinski definition) is 3. The van der Waals surface area contributed by atoms with Crippen LogP contribution in [0.5, 0.6) is 0 Å². The average molecular weight is 412 g/mol. The second kappa shape index (κ2) is 8.59. The van der Waals surface area contributed by atoms with Crippen molar-refractivity contribution in [1.29, 1.82) is 0 Å². The molecule has 1 atom stereocenters. The number of aryl methyl sites for hydroxylation is 2. The van der Waals surface area contributed by atoms with Crippen molar-refractivity contribution in [3.05, 3.63) is 69.9 Å². The summed E-state index contributed by atoms with van der Waals surface area (Å²) in [6, 6.07) is 11.7. The smallest absolute Gasteiger partial charge is 0.256 e. The molecule has 150 valence electrons. The molecule has 0 aliphatic carbocycles. The van der Waals surface area contributed by atoms with Crippen LogP contribution >= 0.6 is 11.6 Å². The fourth-order valence-corrected chi connectivity index (χ4v) is 3.19. The lowest BCUT2D eigenvalue weighted by molar-refractivity contribution is 0.0921. The molecule has 0 bridgehead atoms. The standard InChI is InChI=1S/C22H22ClN3O3/c1-12-7-8-15(21(28)25-14(3)11-27)10-19(12)26-22(29)17-9-13(2)24-20-16(17)5-4-6-18(20)23/h4-10,14,27H,11H2,1-3H3,(H,25,28)(H,26,29). The number of nitrogens with zero attached hydrogens (tertiary/aromatic N) is 1. The molecule has 2 amide bonds. The van der Waals surface area contributed by atoms with Gasteiger partial charge in [-0.15, -0.1) is 0 Å². The molecule has 1 aromatic heterocycles. The van der Waals surface area contributed by atoms with Crippen molar-refractivity contribution in [2.45, 2.75) is 26.8 Å². The molecule has 1 heterocycles. The zero-order valence-electron chi connectivity index (χ0n) is 16.4. The van der Waals surface area contributed by atoms with Gasteiger partial charge in [0, 0.05) is 28.4 Å². The minimum atomic E-state index is -0.363. The van der Waals surface area contributed by atoms with Crippen LogP contribution in [0.1, 0.15) is 38.9 Å². The second-order valence-electron chi connectivity index (χ2n) is 6.99. The summed E-state index contributed by atoms with van der Waals surface area (Å²) in [7, 11) is 0. The number of rotatable bonds is 5. The number of pyridine rings is 1. The number of aliphatic hydroxyl groups excluding tert-OH is 1. The van der Waals surface area contributed by atoms with E-state index in [9.17, 15) is 9.59 Å². The molecule has 0 saturated carbocycles. The number of aliphatic hydroxyl groups is 1. The number of amides is 2. The summed E-state index contributed by atoms with van der Waals surface area (Å²) in [6.45, 7) is 5.20. The maximum Gasteiger partial charge on any atom is 0.256 e. The number of anilines is 1. The highest BCUT2D eigenvalue weighted by Gasteiger charge is 2.16. The Morgan fingerprint density at radius 1 is 1.14 bits per heavy atom. The Morgan fingerprint density at radius 2 is 1.90 bits per heavy atom. The number of aromatic nitrogens is 1. The van der Waals surface area contributed by atoms with Crippen LogP contribution in [0.25, 0.3) is 10.9 Å². The van der Waals surface area contributed by atoms with Crippen LogP contribution in [0.15, 0.2) is 42.5 Å². The van der Waals surface area contributed by atoms with E-state index in [-0.39, 0.29) is 24.5 Å². The number of halogens is 1. The molecule has 0 aliphatic rings. The maximum atomic E-state index is 13.0. The molecular formula is C22H22ClN3O3. The normalized spacial score (nSPS) is 11.9. The van der Waals surface area contributed by atoms with E-state index in [0.29, 0.717) is 38.4 Å². The van der Waals surface area contributed by atoms with Gasteiger partial charge in [-0.3, -0.25) is 14.6 Å². The molecule has 3 rings (SSSR count). The third kappa shape index (κ3) is 4.55. The average Bonchev–Trinajstić information content (AvgIpc) is 2.69. The number of carbonyl (C=O) groups is 2. The van der Waals surface area contributed by atoms with Crippen LogP contribution in [-0.2, 0) is 0 Å². The highest BCUT2D eigenvalue weighted by atomic mass is 35.5. The van der Waals surface area contributed by atoms with Gasteiger partial charge in [-0.1, -0.05) is 29.8 Å². The van der Waals surface area contributed by atoms with Gasteiger partial charge in [-0.25, -0.2) is 0 Å². The largest absolute Gasteiger partial charge is 0.394 e. The summed E-state index contributed by atoms with van der Waals surface area (Å²) in [5.74, 6) is -0.633. The predicted molar refractivity (Wildman–Crippen MR) is 115 cm³/mol. The van der Waals surface area contributed by atoms with Crippen molar-refractivity contribution in [2.24, 2.45) is 0 Å². The Kier molecular flexibility index (Phi) is 6.15. The zero-order valence-corrected chi connectivity index (χ0v) is 17.2. The summed E-state index contributed by atoms with van der Waals surface area (Å²) >= 11 is 6.24. The van der Waals surface area contributed by atoms with Crippen molar-refractivity contribution in [2.75, 3.05) is 11.9 Å². The summed E-state index contributed by atoms with van der Waals surface area (Å²) in [5, 5.41) is 15.8. The number of nitrogens with one attached hydrogen (secondary N) is 2. The molecule has 0 radical (unpaired) electrons. The van der Waals surface area contributed by atoms with Gasteiger partial charge in [-0.2, -0.15) is 0 Å². The summed E-state index contributed by atoms with van der Waals surface area (Å²) in [4.78, 5) is 29.8. The predicted octanol–water partition coefficient (Wildman–Crippen LogP) is 3.87. The number of benzene rings is 2. The first kappa shape index (κ1) is 20.8. The van der Waals surface area contributed by atoms with Gasteiger partial charge in [0.1, 0.15) is 0 Å². The van der Waals surface area contributed by atoms with Crippen LogP contribution in [0, 0.1) is 13.8 Å². The van der Waals surface area contributed by atoms with Gasteiger partial charge < -0.3 is 15.7 Å². The Bertz CT molecular complexity index is 1100. The van der Waals surface area contributed by atoms with Gasteiger partial charge in [-0.05, 0) is 50.6 Å². The summed E-state index contributed by atoms with van der Waals surface area (Å²) < 4.78 is 0. The van der Waals surface area contributed by atoms with Crippen molar-refractivity contribution in [1.82, 2.24) is 10.3 Å². The second-order valence-corrected chi connectivity index (χ2v) is 7.40. The first-order valence-corrected chi connectivity index (χ1v) is 9.57. The number of para-hydroxylation sites is 1. The van der Waals surface area contributed by atoms with Crippen molar-refractivity contribution >= 4 is 40.0 Å². The highest BCUT2D eigenvalue weighted by Crippen LogP contribution is 2.26. The van der Waals surface area contributed by atoms with E-state index in [1.807, 2.05) is 6.92 Å². The molecule has 0 saturated heterocycles. The lowest BCUT2D eigenvalue weighted by Gasteiger charge is -2.14. The minimum Gasteiger partial charge on any atom is -0.394 e. The molecule has 6 nitrogen and oxygen atoms in total. The highest BCUT2D eigenvalue weighted by molar-refractivity contribution is 6.35. The Morgan fingerprint density at radius 3 is 2.62 bits per heavy atom. The first-order chi connectivity index (χ1) is 13.8. The Labute approximate surface area is 173 Å². The summed E-state index contributed by atoms with van der Waals surface area (Å²) in [6.07, 6.45) is 0. The molecule has 29 heavy (non-hydrogen) atoms. The van der Waals surface area contributed by atoms with Crippen LogP contribution in [-0.4, -0.2) is 34.6 Å². The van der Waals surface area contributed by atoms with Crippen molar-refractivity contribution in [3.8, 4) is 0 Å². The molecule has 2 aromatic carbocycles. The molecule has 3 N–H and O–H groups in total. The number of carbonyl (C=O) groups excluding carboxylic acids is 2. The minimum absolute atomic E-state index is 0.155. The number of hydrogen-bond acceptors (Lipinski definition) is 4. The summed E-state index contributed by atoms with van der Waals surface area (Å²) in [5.41, 5.74) is 3.45. The van der Waals surface area contributed by atoms with Crippen molar-refractivity contribution < 1.29 is 14.7 Å². The van der Waals surface area contributed by atoms with Crippen LogP contribution in [0.4, 0.5) is 5.69 Å². The zero-order chi connectivity index (χ0) is 21.1. The third-order valence-electron chi connectivity index (χ3n) is 4.56. The van der Waals surface area contributed by atoms with Crippen molar-refractivity contribution in [3.63, 3.8) is 0 Å². The first-order valence-electron chi connectivity index (χ1n) is 9.19. The SMILES string of the molecule is Cc1cc(C(=O)Nc2cc(C(=O)NC(C)CO)ccc2C)c2cccc(Cl)c2n1. The fraction of sp³-hybridized carbons (Fsp3) is 0.227. The molecule has 0 fully saturated rings. The van der Waals surface area contributed by atoms with E-state index in [0.717, 1.165) is 5.56 Å². The van der Waals surface area contributed by atoms with Crippen LogP contribution in [0.3, 0.4) is 0 Å². The lowest BCUT2D eigenvalue weighted by atomic mass is 10.1. The molecule has 1 unspecified atom stereocenters. The Hall–Kier alpha value is -2.96.